The molecular weight excluding hydrogens is 608 g/mol. The molecule has 5 atom stereocenters. The molecule has 1 aromatic rings. The van der Waals surface area contributed by atoms with Crippen molar-refractivity contribution in [3.05, 3.63) is 35.9 Å². The second-order valence-electron chi connectivity index (χ2n) is 15.2. The van der Waals surface area contributed by atoms with Gasteiger partial charge in [-0.05, 0) is 22.2 Å². The first kappa shape index (κ1) is 37.2. The van der Waals surface area contributed by atoms with E-state index in [-0.39, 0.29) is 29.8 Å². The van der Waals surface area contributed by atoms with Crippen molar-refractivity contribution in [2.45, 2.75) is 153 Å². The summed E-state index contributed by atoms with van der Waals surface area (Å²) in [5, 5.41) is 1.46. The van der Waals surface area contributed by atoms with E-state index in [0.717, 1.165) is 5.56 Å². The zero-order valence-electron chi connectivity index (χ0n) is 28.5. The van der Waals surface area contributed by atoms with Gasteiger partial charge in [-0.15, -0.1) is 0 Å². The van der Waals surface area contributed by atoms with Gasteiger partial charge in [-0.25, -0.2) is 0 Å². The largest absolute Gasteiger partial charge is 0.471 e. The number of nitrogens with one attached hydrogen (secondary N) is 1. The fourth-order valence-corrected chi connectivity index (χ4v) is 18.1. The third kappa shape index (κ3) is 7.31. The smallest absolute Gasteiger partial charge is 0.408 e. The SMILES string of the molecule is CC(C)[Si](O[C@@H]1[C@@H](NC(=O)C(F)(F)F)[C@H](OCc2ccccc2)O[C@@H]2CO[Si](C(C)(C)C)(C(C)(C)C)O[C@@H]12)(C(C)C)C(C)C. The standard InChI is InChI=1S/C32H54F3NO6Si2/c1-20(2)43(21(3)4,22(5)6)41-27-25(36-29(37)32(33,34)35)28(38-18-23-16-14-13-15-17-23)40-24-19-39-44(30(7,8)9,31(10,11)12)42-26(24)27/h13-17,20-22,24-28H,18-19H2,1-12H3,(H,36,37)/t24-,25-,26-,27-,28-/m1/s1. The Labute approximate surface area is 264 Å². The molecule has 2 saturated heterocycles. The summed E-state index contributed by atoms with van der Waals surface area (Å²) in [4.78, 5) is 12.6. The number of rotatable bonds is 9. The van der Waals surface area contributed by atoms with Crippen LogP contribution in [0.15, 0.2) is 30.3 Å². The van der Waals surface area contributed by atoms with Crippen LogP contribution in [0.4, 0.5) is 13.2 Å². The van der Waals surface area contributed by atoms with Gasteiger partial charge in [-0.1, -0.05) is 113 Å². The molecule has 2 aliphatic rings. The first-order valence-electron chi connectivity index (χ1n) is 15.8. The Hall–Kier alpha value is -1.29. The van der Waals surface area contributed by atoms with Crippen molar-refractivity contribution >= 4 is 22.8 Å². The predicted molar refractivity (Wildman–Crippen MR) is 170 cm³/mol. The monoisotopic (exact) mass is 661 g/mol. The lowest BCUT2D eigenvalue weighted by molar-refractivity contribution is -0.282. The molecule has 2 aliphatic heterocycles. The topological polar surface area (TPSA) is 75.3 Å². The third-order valence-corrected chi connectivity index (χ3v) is 20.5. The van der Waals surface area contributed by atoms with Gasteiger partial charge in [-0.3, -0.25) is 4.79 Å². The normalized spacial score (nSPS) is 26.6. The molecule has 0 unspecified atom stereocenters. The van der Waals surface area contributed by atoms with Crippen molar-refractivity contribution in [2.75, 3.05) is 6.61 Å². The van der Waals surface area contributed by atoms with Crippen molar-refractivity contribution in [3.8, 4) is 0 Å². The number of halogens is 3. The number of alkyl halides is 3. The van der Waals surface area contributed by atoms with E-state index < -0.39 is 69.7 Å². The van der Waals surface area contributed by atoms with E-state index >= 15 is 0 Å². The van der Waals surface area contributed by atoms with Crippen LogP contribution in [0.25, 0.3) is 0 Å². The average molecular weight is 662 g/mol. The zero-order valence-corrected chi connectivity index (χ0v) is 30.5. The highest BCUT2D eigenvalue weighted by Gasteiger charge is 2.66. The molecule has 7 nitrogen and oxygen atoms in total. The average Bonchev–Trinajstić information content (AvgIpc) is 2.89. The quantitative estimate of drug-likeness (QED) is 0.271. The van der Waals surface area contributed by atoms with Crippen LogP contribution in [0.5, 0.6) is 0 Å². The van der Waals surface area contributed by atoms with Crippen LogP contribution in [-0.2, 0) is 34.2 Å². The van der Waals surface area contributed by atoms with Gasteiger partial charge < -0.3 is 28.1 Å². The van der Waals surface area contributed by atoms with Crippen LogP contribution < -0.4 is 5.32 Å². The molecule has 0 saturated carbocycles. The van der Waals surface area contributed by atoms with Crippen molar-refractivity contribution in [1.82, 2.24) is 5.32 Å². The molecule has 252 valence electrons. The van der Waals surface area contributed by atoms with Crippen molar-refractivity contribution in [2.24, 2.45) is 0 Å². The molecule has 2 fully saturated rings. The summed E-state index contributed by atoms with van der Waals surface area (Å²) in [6, 6.07) is 8.00. The van der Waals surface area contributed by atoms with Crippen LogP contribution in [-0.4, -0.2) is 66.2 Å². The van der Waals surface area contributed by atoms with Gasteiger partial charge in [0.2, 0.25) is 8.32 Å². The summed E-state index contributed by atoms with van der Waals surface area (Å²) in [6.07, 6.45) is -8.79. The molecule has 0 aliphatic carbocycles. The van der Waals surface area contributed by atoms with Crippen LogP contribution in [0.3, 0.4) is 0 Å². The van der Waals surface area contributed by atoms with E-state index in [0.29, 0.717) is 0 Å². The molecular formula is C32H54F3NO6Si2. The van der Waals surface area contributed by atoms with E-state index in [2.05, 4.69) is 88.4 Å². The van der Waals surface area contributed by atoms with Gasteiger partial charge in [0.15, 0.2) is 6.29 Å². The van der Waals surface area contributed by atoms with Crippen molar-refractivity contribution in [1.29, 1.82) is 0 Å². The van der Waals surface area contributed by atoms with Crippen molar-refractivity contribution in [3.63, 3.8) is 0 Å². The summed E-state index contributed by atoms with van der Waals surface area (Å²) >= 11 is 0. The first-order chi connectivity index (χ1) is 20.1. The molecule has 2 heterocycles. The Morgan fingerprint density at radius 3 is 1.93 bits per heavy atom. The number of carbonyl (C=O) groups excluding carboxylic acids is 1. The van der Waals surface area contributed by atoms with Crippen LogP contribution in [0.1, 0.15) is 88.6 Å². The van der Waals surface area contributed by atoms with E-state index in [9.17, 15) is 18.0 Å². The van der Waals surface area contributed by atoms with E-state index in [1.54, 1.807) is 0 Å². The number of benzene rings is 1. The van der Waals surface area contributed by atoms with Crippen LogP contribution >= 0.6 is 0 Å². The Kier molecular flexibility index (Phi) is 11.4. The highest BCUT2D eigenvalue weighted by molar-refractivity contribution is 6.77. The molecule has 0 bridgehead atoms. The summed E-state index contributed by atoms with van der Waals surface area (Å²) in [5.74, 6) is -2.07. The lowest BCUT2D eigenvalue weighted by Gasteiger charge is -2.59. The summed E-state index contributed by atoms with van der Waals surface area (Å²) in [5.41, 5.74) is 1.19. The maximum absolute atomic E-state index is 13.8. The molecule has 0 aromatic heterocycles. The second kappa shape index (κ2) is 13.4. The Morgan fingerprint density at radius 2 is 1.48 bits per heavy atom. The zero-order chi connectivity index (χ0) is 33.5. The molecule has 1 N–H and O–H groups in total. The fraction of sp³-hybridized carbons (Fsp3) is 0.781. The highest BCUT2D eigenvalue weighted by Crippen LogP contribution is 2.56. The second-order valence-corrected chi connectivity index (χ2v) is 25.4. The Morgan fingerprint density at radius 1 is 0.955 bits per heavy atom. The van der Waals surface area contributed by atoms with Gasteiger partial charge in [0.05, 0.1) is 19.3 Å². The minimum atomic E-state index is -5.11. The molecule has 1 amide bonds. The summed E-state index contributed by atoms with van der Waals surface area (Å²) in [6.45, 7) is 25.4. The highest BCUT2D eigenvalue weighted by atomic mass is 28.4. The van der Waals surface area contributed by atoms with Gasteiger partial charge in [-0.2, -0.15) is 13.2 Å². The van der Waals surface area contributed by atoms with Crippen LogP contribution in [0.2, 0.25) is 26.7 Å². The Balaban J connectivity index is 2.20. The van der Waals surface area contributed by atoms with Crippen molar-refractivity contribution < 1.29 is 40.7 Å². The third-order valence-electron chi connectivity index (χ3n) is 9.23. The minimum absolute atomic E-state index is 0.0689. The predicted octanol–water partition coefficient (Wildman–Crippen LogP) is 7.99. The number of amides is 1. The molecule has 44 heavy (non-hydrogen) atoms. The minimum Gasteiger partial charge on any atom is -0.408 e. The number of fused-ring (bicyclic) bond motifs is 1. The first-order valence-corrected chi connectivity index (χ1v) is 19.7. The lowest BCUT2D eigenvalue weighted by Crippen LogP contribution is -2.75. The number of carbonyl (C=O) groups is 1. The van der Waals surface area contributed by atoms with Gasteiger partial charge in [0.1, 0.15) is 18.2 Å². The maximum Gasteiger partial charge on any atom is 0.471 e. The Bertz CT molecular complexity index is 1070. The molecule has 0 spiro atoms. The number of hydrogen-bond acceptors (Lipinski definition) is 6. The maximum atomic E-state index is 13.8. The van der Waals surface area contributed by atoms with E-state index in [1.165, 1.54) is 0 Å². The number of ether oxygens (including phenoxy) is 2. The lowest BCUT2D eigenvalue weighted by atomic mass is 9.96. The summed E-state index contributed by atoms with van der Waals surface area (Å²) in [7, 11) is -5.85. The van der Waals surface area contributed by atoms with Gasteiger partial charge in [0.25, 0.3) is 0 Å². The van der Waals surface area contributed by atoms with Gasteiger partial charge >= 0.3 is 20.6 Å². The number of hydrogen-bond donors (Lipinski definition) is 1. The molecule has 1 aromatic carbocycles. The molecule has 0 radical (unpaired) electrons. The summed E-state index contributed by atoms with van der Waals surface area (Å²) < 4.78 is 75.2. The molecule has 12 heteroatoms. The molecule has 3 rings (SSSR count). The van der Waals surface area contributed by atoms with Crippen LogP contribution in [0, 0.1) is 0 Å². The van der Waals surface area contributed by atoms with E-state index in [1.807, 2.05) is 30.3 Å². The van der Waals surface area contributed by atoms with Gasteiger partial charge in [0, 0.05) is 10.1 Å². The fourth-order valence-electron chi connectivity index (χ4n) is 7.58. The van der Waals surface area contributed by atoms with E-state index in [4.69, 9.17) is 22.8 Å².